The van der Waals surface area contributed by atoms with Crippen molar-refractivity contribution < 1.29 is 4.79 Å². The van der Waals surface area contributed by atoms with E-state index in [9.17, 15) is 4.79 Å². The van der Waals surface area contributed by atoms with Gasteiger partial charge < -0.3 is 10.7 Å². The molecule has 0 saturated heterocycles. The SMILES string of the molecule is Cc1cccc(C(=O)c2c[nH]c3cc(C#N)ccc23)c1N. The summed E-state index contributed by atoms with van der Waals surface area (Å²) in [6.45, 7) is 1.88. The highest BCUT2D eigenvalue weighted by Gasteiger charge is 2.17. The Morgan fingerprint density at radius 1 is 1.24 bits per heavy atom. The van der Waals surface area contributed by atoms with Crippen molar-refractivity contribution in [3.8, 4) is 6.07 Å². The Kier molecular flexibility index (Phi) is 2.96. The molecule has 0 aliphatic carbocycles. The van der Waals surface area contributed by atoms with Crippen LogP contribution in [0.5, 0.6) is 0 Å². The molecule has 0 saturated carbocycles. The number of nitrogens with zero attached hydrogens (tertiary/aromatic N) is 1. The van der Waals surface area contributed by atoms with Gasteiger partial charge in [0, 0.05) is 33.9 Å². The highest BCUT2D eigenvalue weighted by molar-refractivity contribution is 6.18. The first-order chi connectivity index (χ1) is 10.1. The number of para-hydroxylation sites is 1. The molecule has 3 rings (SSSR count). The smallest absolute Gasteiger partial charge is 0.197 e. The highest BCUT2D eigenvalue weighted by atomic mass is 16.1. The normalized spacial score (nSPS) is 10.5. The zero-order chi connectivity index (χ0) is 15.0. The van der Waals surface area contributed by atoms with Crippen molar-refractivity contribution >= 4 is 22.4 Å². The number of ketones is 1. The number of aromatic amines is 1. The topological polar surface area (TPSA) is 82.7 Å². The predicted molar refractivity (Wildman–Crippen MR) is 82.0 cm³/mol. The Bertz CT molecular complexity index is 900. The van der Waals surface area contributed by atoms with Crippen LogP contribution < -0.4 is 5.73 Å². The Balaban J connectivity index is 2.15. The number of hydrogen-bond acceptors (Lipinski definition) is 3. The minimum atomic E-state index is -0.118. The van der Waals surface area contributed by atoms with E-state index in [-0.39, 0.29) is 5.78 Å². The van der Waals surface area contributed by atoms with E-state index in [4.69, 9.17) is 11.0 Å². The number of rotatable bonds is 2. The molecule has 0 bridgehead atoms. The first-order valence-electron chi connectivity index (χ1n) is 6.53. The van der Waals surface area contributed by atoms with Crippen LogP contribution in [0.1, 0.15) is 27.0 Å². The second kappa shape index (κ2) is 4.80. The maximum atomic E-state index is 12.7. The molecule has 4 heteroatoms. The molecule has 2 aromatic carbocycles. The second-order valence-corrected chi connectivity index (χ2v) is 4.94. The standard InChI is InChI=1S/C17H13N3O/c1-10-3-2-4-13(16(10)19)17(21)14-9-20-15-7-11(8-18)5-6-12(14)15/h2-7,9,20H,19H2,1H3. The van der Waals surface area contributed by atoms with Gasteiger partial charge in [-0.05, 0) is 30.7 Å². The summed E-state index contributed by atoms with van der Waals surface area (Å²) in [7, 11) is 0. The maximum absolute atomic E-state index is 12.7. The first kappa shape index (κ1) is 12.9. The van der Waals surface area contributed by atoms with Gasteiger partial charge in [0.2, 0.25) is 0 Å². The number of carbonyl (C=O) groups excluding carboxylic acids is 1. The quantitative estimate of drug-likeness (QED) is 0.556. The third kappa shape index (κ3) is 2.05. The van der Waals surface area contributed by atoms with Gasteiger partial charge in [-0.2, -0.15) is 5.26 Å². The van der Waals surface area contributed by atoms with Gasteiger partial charge in [0.25, 0.3) is 0 Å². The van der Waals surface area contributed by atoms with Crippen molar-refractivity contribution in [2.24, 2.45) is 0 Å². The molecular weight excluding hydrogens is 262 g/mol. The number of nitrogens with two attached hydrogens (primary N) is 1. The van der Waals surface area contributed by atoms with Gasteiger partial charge in [0.15, 0.2) is 5.78 Å². The molecule has 0 aliphatic heterocycles. The average molecular weight is 275 g/mol. The number of carbonyl (C=O) groups is 1. The van der Waals surface area contributed by atoms with Crippen LogP contribution in [0.2, 0.25) is 0 Å². The van der Waals surface area contributed by atoms with Crippen LogP contribution in [0, 0.1) is 18.3 Å². The zero-order valence-corrected chi connectivity index (χ0v) is 11.5. The molecular formula is C17H13N3O. The molecule has 0 aliphatic rings. The maximum Gasteiger partial charge on any atom is 0.197 e. The average Bonchev–Trinajstić information content (AvgIpc) is 2.92. The van der Waals surface area contributed by atoms with Crippen molar-refractivity contribution in [1.29, 1.82) is 5.26 Å². The van der Waals surface area contributed by atoms with E-state index in [2.05, 4.69) is 11.1 Å². The summed E-state index contributed by atoms with van der Waals surface area (Å²) in [6, 6.07) is 12.7. The summed E-state index contributed by atoms with van der Waals surface area (Å²) < 4.78 is 0. The summed E-state index contributed by atoms with van der Waals surface area (Å²) in [4.78, 5) is 15.7. The number of benzene rings is 2. The fourth-order valence-electron chi connectivity index (χ4n) is 2.41. The molecule has 3 aromatic rings. The molecule has 4 nitrogen and oxygen atoms in total. The summed E-state index contributed by atoms with van der Waals surface area (Å²) >= 11 is 0. The number of anilines is 1. The monoisotopic (exact) mass is 275 g/mol. The third-order valence-electron chi connectivity index (χ3n) is 3.62. The van der Waals surface area contributed by atoms with Crippen LogP contribution in [0.15, 0.2) is 42.6 Å². The molecule has 0 radical (unpaired) electrons. The number of hydrogen-bond donors (Lipinski definition) is 2. The van der Waals surface area contributed by atoms with Crippen LogP contribution in [-0.4, -0.2) is 10.8 Å². The van der Waals surface area contributed by atoms with Gasteiger partial charge in [0.1, 0.15) is 0 Å². The lowest BCUT2D eigenvalue weighted by Crippen LogP contribution is -2.06. The summed E-state index contributed by atoms with van der Waals surface area (Å²) in [5.41, 5.74) is 9.78. The van der Waals surface area contributed by atoms with Gasteiger partial charge >= 0.3 is 0 Å². The minimum Gasteiger partial charge on any atom is -0.398 e. The van der Waals surface area contributed by atoms with Gasteiger partial charge in [0.05, 0.1) is 11.6 Å². The van der Waals surface area contributed by atoms with Crippen molar-refractivity contribution in [1.82, 2.24) is 4.98 Å². The van der Waals surface area contributed by atoms with E-state index < -0.39 is 0 Å². The van der Waals surface area contributed by atoms with Crippen LogP contribution in [0.3, 0.4) is 0 Å². The largest absolute Gasteiger partial charge is 0.398 e. The molecule has 3 N–H and O–H groups in total. The Morgan fingerprint density at radius 2 is 2.05 bits per heavy atom. The fourth-order valence-corrected chi connectivity index (χ4v) is 2.41. The molecule has 0 spiro atoms. The number of H-pyrrole nitrogens is 1. The number of aryl methyl sites for hydroxylation is 1. The van der Waals surface area contributed by atoms with Crippen LogP contribution in [0.25, 0.3) is 10.9 Å². The molecule has 0 atom stereocenters. The lowest BCUT2D eigenvalue weighted by atomic mass is 9.99. The predicted octanol–water partition coefficient (Wildman–Crippen LogP) is 3.16. The molecule has 102 valence electrons. The van der Waals surface area contributed by atoms with Crippen molar-refractivity contribution in [2.75, 3.05) is 5.73 Å². The molecule has 1 heterocycles. The zero-order valence-electron chi connectivity index (χ0n) is 11.5. The third-order valence-corrected chi connectivity index (χ3v) is 3.62. The van der Waals surface area contributed by atoms with Gasteiger partial charge in [-0.25, -0.2) is 0 Å². The molecule has 0 fully saturated rings. The number of nitriles is 1. The lowest BCUT2D eigenvalue weighted by molar-refractivity contribution is 0.104. The van der Waals surface area contributed by atoms with Crippen LogP contribution >= 0.6 is 0 Å². The molecule has 1 aromatic heterocycles. The summed E-state index contributed by atoms with van der Waals surface area (Å²) in [6.07, 6.45) is 1.66. The lowest BCUT2D eigenvalue weighted by Gasteiger charge is -2.06. The van der Waals surface area contributed by atoms with E-state index in [0.29, 0.717) is 22.4 Å². The van der Waals surface area contributed by atoms with E-state index in [1.165, 1.54) is 0 Å². The van der Waals surface area contributed by atoms with Gasteiger partial charge in [-0.15, -0.1) is 0 Å². The number of nitrogens with one attached hydrogen (secondary N) is 1. The minimum absolute atomic E-state index is 0.118. The Labute approximate surface area is 121 Å². The molecule has 21 heavy (non-hydrogen) atoms. The molecule has 0 unspecified atom stereocenters. The van der Waals surface area contributed by atoms with Crippen molar-refractivity contribution in [2.45, 2.75) is 6.92 Å². The molecule has 0 amide bonds. The van der Waals surface area contributed by atoms with Crippen molar-refractivity contribution in [3.63, 3.8) is 0 Å². The summed E-state index contributed by atoms with van der Waals surface area (Å²) in [5, 5.41) is 9.70. The number of aromatic nitrogens is 1. The van der Waals surface area contributed by atoms with E-state index >= 15 is 0 Å². The second-order valence-electron chi connectivity index (χ2n) is 4.94. The van der Waals surface area contributed by atoms with Gasteiger partial charge in [-0.1, -0.05) is 18.2 Å². The Morgan fingerprint density at radius 3 is 2.81 bits per heavy atom. The van der Waals surface area contributed by atoms with E-state index in [1.807, 2.05) is 19.1 Å². The van der Waals surface area contributed by atoms with Gasteiger partial charge in [-0.3, -0.25) is 4.79 Å². The van der Waals surface area contributed by atoms with Crippen molar-refractivity contribution in [3.05, 3.63) is 64.8 Å². The van der Waals surface area contributed by atoms with Crippen LogP contribution in [0.4, 0.5) is 5.69 Å². The van der Waals surface area contributed by atoms with Crippen LogP contribution in [-0.2, 0) is 0 Å². The van der Waals surface area contributed by atoms with E-state index in [1.54, 1.807) is 30.5 Å². The first-order valence-corrected chi connectivity index (χ1v) is 6.53. The summed E-state index contributed by atoms with van der Waals surface area (Å²) in [5.74, 6) is -0.118. The Hall–Kier alpha value is -3.06. The fraction of sp³-hybridized carbons (Fsp3) is 0.0588. The highest BCUT2D eigenvalue weighted by Crippen LogP contribution is 2.25. The number of fused-ring (bicyclic) bond motifs is 1. The van der Waals surface area contributed by atoms with E-state index in [0.717, 1.165) is 16.5 Å². The number of nitrogen functional groups attached to an aromatic ring is 1.